The molecular formula is C24H35N3O2. The van der Waals surface area contributed by atoms with Gasteiger partial charge >= 0.3 is 0 Å². The molecule has 0 bridgehead atoms. The average molecular weight is 398 g/mol. The first kappa shape index (κ1) is 22.7. The van der Waals surface area contributed by atoms with Gasteiger partial charge in [-0.3, -0.25) is 9.59 Å². The molecule has 2 amide bonds. The Labute approximate surface area is 175 Å². The monoisotopic (exact) mass is 397 g/mol. The van der Waals surface area contributed by atoms with Gasteiger partial charge < -0.3 is 14.4 Å². The summed E-state index contributed by atoms with van der Waals surface area (Å²) in [6.45, 7) is 9.55. The third kappa shape index (κ3) is 6.21. The van der Waals surface area contributed by atoms with E-state index < -0.39 is 0 Å². The summed E-state index contributed by atoms with van der Waals surface area (Å²) in [6, 6.07) is 11.6. The summed E-state index contributed by atoms with van der Waals surface area (Å²) in [5.41, 5.74) is 2.83. The first-order valence-corrected chi connectivity index (χ1v) is 10.6. The molecule has 0 aliphatic rings. The van der Waals surface area contributed by atoms with Crippen LogP contribution in [0, 0.1) is 6.92 Å². The standard InChI is InChI=1S/C24H35N3O2/c1-6-8-16-26(17-22-10-9-15-25(22)5)23(28)18-27(20(4)7-2)24(29)21-13-11-19(3)12-14-21/h9-15,20H,6-8,16-18H2,1-5H3/t20-/m0/s1. The van der Waals surface area contributed by atoms with E-state index in [1.807, 2.05) is 79.9 Å². The molecule has 0 aliphatic carbocycles. The van der Waals surface area contributed by atoms with Crippen molar-refractivity contribution in [3.05, 3.63) is 59.4 Å². The zero-order valence-corrected chi connectivity index (χ0v) is 18.5. The molecule has 5 nitrogen and oxygen atoms in total. The van der Waals surface area contributed by atoms with E-state index >= 15 is 0 Å². The van der Waals surface area contributed by atoms with Gasteiger partial charge in [-0.05, 0) is 51.0 Å². The molecule has 1 aromatic carbocycles. The van der Waals surface area contributed by atoms with Crippen LogP contribution in [0.2, 0.25) is 0 Å². The Bertz CT molecular complexity index is 795. The van der Waals surface area contributed by atoms with Gasteiger partial charge in [0.1, 0.15) is 6.54 Å². The number of carbonyl (C=O) groups excluding carboxylic acids is 2. The number of carbonyl (C=O) groups is 2. The molecule has 0 unspecified atom stereocenters. The van der Waals surface area contributed by atoms with Gasteiger partial charge in [-0.25, -0.2) is 0 Å². The summed E-state index contributed by atoms with van der Waals surface area (Å²) >= 11 is 0. The fourth-order valence-corrected chi connectivity index (χ4v) is 3.25. The first-order valence-electron chi connectivity index (χ1n) is 10.6. The molecule has 0 spiro atoms. The molecule has 0 aliphatic heterocycles. The molecule has 0 saturated heterocycles. The van der Waals surface area contributed by atoms with E-state index in [0.717, 1.165) is 30.5 Å². The number of hydrogen-bond donors (Lipinski definition) is 0. The molecule has 0 radical (unpaired) electrons. The predicted molar refractivity (Wildman–Crippen MR) is 118 cm³/mol. The van der Waals surface area contributed by atoms with Crippen molar-refractivity contribution in [1.82, 2.24) is 14.4 Å². The second kappa shape index (κ2) is 10.8. The van der Waals surface area contributed by atoms with Crippen LogP contribution in [0.4, 0.5) is 0 Å². The summed E-state index contributed by atoms with van der Waals surface area (Å²) < 4.78 is 2.04. The van der Waals surface area contributed by atoms with E-state index in [-0.39, 0.29) is 24.4 Å². The quantitative estimate of drug-likeness (QED) is 0.596. The molecule has 5 heteroatoms. The highest BCUT2D eigenvalue weighted by atomic mass is 16.2. The fourth-order valence-electron chi connectivity index (χ4n) is 3.25. The lowest BCUT2D eigenvalue weighted by atomic mass is 10.1. The zero-order valence-electron chi connectivity index (χ0n) is 18.5. The van der Waals surface area contributed by atoms with Gasteiger partial charge in [-0.2, -0.15) is 0 Å². The molecule has 0 N–H and O–H groups in total. The lowest BCUT2D eigenvalue weighted by molar-refractivity contribution is -0.133. The topological polar surface area (TPSA) is 45.6 Å². The van der Waals surface area contributed by atoms with Crippen molar-refractivity contribution >= 4 is 11.8 Å². The van der Waals surface area contributed by atoms with Crippen molar-refractivity contribution < 1.29 is 9.59 Å². The third-order valence-corrected chi connectivity index (χ3v) is 5.53. The van der Waals surface area contributed by atoms with Crippen molar-refractivity contribution in [1.29, 1.82) is 0 Å². The first-order chi connectivity index (χ1) is 13.9. The maximum Gasteiger partial charge on any atom is 0.254 e. The Hall–Kier alpha value is -2.56. The van der Waals surface area contributed by atoms with Crippen LogP contribution in [-0.4, -0.2) is 45.3 Å². The van der Waals surface area contributed by atoms with Gasteiger partial charge in [-0.15, -0.1) is 0 Å². The van der Waals surface area contributed by atoms with Crippen molar-refractivity contribution in [2.75, 3.05) is 13.1 Å². The summed E-state index contributed by atoms with van der Waals surface area (Å²) in [7, 11) is 1.99. The Morgan fingerprint density at radius 2 is 1.79 bits per heavy atom. The SMILES string of the molecule is CCCCN(Cc1cccn1C)C(=O)CN(C(=O)c1ccc(C)cc1)[C@@H](C)CC. The van der Waals surface area contributed by atoms with Crippen LogP contribution >= 0.6 is 0 Å². The van der Waals surface area contributed by atoms with Crippen LogP contribution < -0.4 is 0 Å². The highest BCUT2D eigenvalue weighted by Crippen LogP contribution is 2.14. The van der Waals surface area contributed by atoms with Crippen LogP contribution in [0.5, 0.6) is 0 Å². The molecule has 158 valence electrons. The summed E-state index contributed by atoms with van der Waals surface area (Å²) in [5, 5.41) is 0. The Morgan fingerprint density at radius 1 is 1.10 bits per heavy atom. The molecule has 1 atom stereocenters. The number of rotatable bonds is 10. The van der Waals surface area contributed by atoms with Crippen molar-refractivity contribution in [3.8, 4) is 0 Å². The van der Waals surface area contributed by atoms with Crippen LogP contribution in [0.15, 0.2) is 42.6 Å². The number of nitrogens with zero attached hydrogens (tertiary/aromatic N) is 3. The van der Waals surface area contributed by atoms with Crippen LogP contribution in [-0.2, 0) is 18.4 Å². The van der Waals surface area contributed by atoms with E-state index in [4.69, 9.17) is 0 Å². The number of benzene rings is 1. The molecule has 0 saturated carbocycles. The maximum absolute atomic E-state index is 13.2. The summed E-state index contributed by atoms with van der Waals surface area (Å²) in [6.07, 6.45) is 4.77. The van der Waals surface area contributed by atoms with E-state index in [2.05, 4.69) is 6.92 Å². The van der Waals surface area contributed by atoms with E-state index in [9.17, 15) is 9.59 Å². The van der Waals surface area contributed by atoms with Crippen LogP contribution in [0.1, 0.15) is 61.6 Å². The van der Waals surface area contributed by atoms with Gasteiger partial charge in [0.2, 0.25) is 5.91 Å². The number of aryl methyl sites for hydroxylation is 2. The molecular weight excluding hydrogens is 362 g/mol. The predicted octanol–water partition coefficient (Wildman–Crippen LogP) is 4.40. The molecule has 29 heavy (non-hydrogen) atoms. The minimum absolute atomic E-state index is 0.000381. The smallest absolute Gasteiger partial charge is 0.254 e. The lowest BCUT2D eigenvalue weighted by Gasteiger charge is -2.31. The van der Waals surface area contributed by atoms with Gasteiger partial charge in [-0.1, -0.05) is 38.0 Å². The summed E-state index contributed by atoms with van der Waals surface area (Å²) in [4.78, 5) is 30.0. The Kier molecular flexibility index (Phi) is 8.50. The van der Waals surface area contributed by atoms with E-state index in [1.54, 1.807) is 4.90 Å². The third-order valence-electron chi connectivity index (χ3n) is 5.53. The van der Waals surface area contributed by atoms with Gasteiger partial charge in [0, 0.05) is 37.1 Å². The van der Waals surface area contributed by atoms with Crippen molar-refractivity contribution in [3.63, 3.8) is 0 Å². The number of hydrogen-bond acceptors (Lipinski definition) is 2. The second-order valence-electron chi connectivity index (χ2n) is 7.84. The van der Waals surface area contributed by atoms with E-state index in [1.165, 1.54) is 0 Å². The minimum Gasteiger partial charge on any atom is -0.353 e. The molecule has 2 aromatic rings. The van der Waals surface area contributed by atoms with Gasteiger partial charge in [0.15, 0.2) is 0 Å². The lowest BCUT2D eigenvalue weighted by Crippen LogP contribution is -2.46. The average Bonchev–Trinajstić information content (AvgIpc) is 3.13. The van der Waals surface area contributed by atoms with Crippen LogP contribution in [0.3, 0.4) is 0 Å². The Morgan fingerprint density at radius 3 is 2.34 bits per heavy atom. The fraction of sp³-hybridized carbons (Fsp3) is 0.500. The largest absolute Gasteiger partial charge is 0.353 e. The highest BCUT2D eigenvalue weighted by molar-refractivity contribution is 5.96. The van der Waals surface area contributed by atoms with Crippen molar-refractivity contribution in [2.24, 2.45) is 7.05 Å². The van der Waals surface area contributed by atoms with Crippen molar-refractivity contribution in [2.45, 2.75) is 59.5 Å². The molecule has 1 aromatic heterocycles. The highest BCUT2D eigenvalue weighted by Gasteiger charge is 2.25. The molecule has 0 fully saturated rings. The molecule has 1 heterocycles. The van der Waals surface area contributed by atoms with Gasteiger partial charge in [0.25, 0.3) is 5.91 Å². The number of amides is 2. The number of aromatic nitrogens is 1. The van der Waals surface area contributed by atoms with Crippen LogP contribution in [0.25, 0.3) is 0 Å². The normalized spacial score (nSPS) is 11.9. The molecule has 2 rings (SSSR count). The second-order valence-corrected chi connectivity index (χ2v) is 7.84. The summed E-state index contributed by atoms with van der Waals surface area (Å²) in [5.74, 6) is -0.0811. The Balaban J connectivity index is 2.19. The number of unbranched alkanes of at least 4 members (excludes halogenated alkanes) is 1. The van der Waals surface area contributed by atoms with Gasteiger partial charge in [0.05, 0.1) is 6.54 Å². The van der Waals surface area contributed by atoms with E-state index in [0.29, 0.717) is 18.7 Å². The maximum atomic E-state index is 13.2. The zero-order chi connectivity index (χ0) is 21.4. The minimum atomic E-state index is -0.0815.